The van der Waals surface area contributed by atoms with E-state index in [0.29, 0.717) is 30.6 Å². The fourth-order valence-corrected chi connectivity index (χ4v) is 3.02. The monoisotopic (exact) mass is 305 g/mol. The Morgan fingerprint density at radius 2 is 1.48 bits per heavy atom. The van der Waals surface area contributed by atoms with Gasteiger partial charge in [0.1, 0.15) is 0 Å². The predicted octanol–water partition coefficient (Wildman–Crippen LogP) is 2.72. The lowest BCUT2D eigenvalue weighted by Crippen LogP contribution is -2.31. The topological polar surface area (TPSA) is 55.2 Å². The van der Waals surface area contributed by atoms with Crippen LogP contribution in [0.1, 0.15) is 27.1 Å². The van der Waals surface area contributed by atoms with Gasteiger partial charge in [-0.15, -0.1) is 0 Å². The molecule has 5 heteroatoms. The third-order valence-electron chi connectivity index (χ3n) is 4.18. The number of aryl methyl sites for hydroxylation is 1. The summed E-state index contributed by atoms with van der Waals surface area (Å²) in [7, 11) is 0. The van der Waals surface area contributed by atoms with Gasteiger partial charge in [-0.05, 0) is 24.6 Å². The molecule has 1 aliphatic rings. The predicted molar refractivity (Wildman–Crippen MR) is 86.2 cm³/mol. The van der Waals surface area contributed by atoms with Gasteiger partial charge in [0.05, 0.1) is 22.8 Å². The van der Waals surface area contributed by atoms with Crippen LogP contribution in [0.2, 0.25) is 0 Å². The van der Waals surface area contributed by atoms with E-state index in [9.17, 15) is 9.59 Å². The first-order valence-electron chi connectivity index (χ1n) is 7.61. The number of imide groups is 1. The molecule has 2 amide bonds. The van der Waals surface area contributed by atoms with E-state index in [2.05, 4.69) is 5.10 Å². The second kappa shape index (κ2) is 5.35. The Kier molecular flexibility index (Phi) is 3.19. The van der Waals surface area contributed by atoms with Crippen LogP contribution in [0.15, 0.2) is 54.7 Å². The highest BCUT2D eigenvalue weighted by atomic mass is 16.2. The van der Waals surface area contributed by atoms with E-state index >= 15 is 0 Å². The molecule has 0 spiro atoms. The van der Waals surface area contributed by atoms with Crippen molar-refractivity contribution in [1.82, 2.24) is 14.7 Å². The molecule has 5 nitrogen and oxygen atoms in total. The lowest BCUT2D eigenvalue weighted by molar-refractivity contribution is 0.0650. The lowest BCUT2D eigenvalue weighted by Gasteiger charge is -2.13. The Labute approximate surface area is 133 Å². The maximum atomic E-state index is 12.3. The molecule has 0 atom stereocenters. The van der Waals surface area contributed by atoms with Crippen molar-refractivity contribution in [3.63, 3.8) is 0 Å². The number of amides is 2. The molecule has 0 saturated heterocycles. The number of nitrogens with zero attached hydrogens (tertiary/aromatic N) is 3. The molecule has 114 valence electrons. The van der Waals surface area contributed by atoms with Crippen molar-refractivity contribution in [2.75, 3.05) is 6.54 Å². The van der Waals surface area contributed by atoms with Gasteiger partial charge in [0.2, 0.25) is 0 Å². The van der Waals surface area contributed by atoms with Gasteiger partial charge < -0.3 is 0 Å². The SMILES string of the molecule is O=C1c2ccccc2C(=O)N1CCCn1ncc2ccccc21. The van der Waals surface area contributed by atoms with Crippen LogP contribution in [0.5, 0.6) is 0 Å². The average molecular weight is 305 g/mol. The molecule has 2 aromatic carbocycles. The molecular formula is C18H15N3O2. The molecule has 3 aromatic rings. The van der Waals surface area contributed by atoms with Crippen LogP contribution < -0.4 is 0 Å². The Morgan fingerprint density at radius 1 is 0.826 bits per heavy atom. The van der Waals surface area contributed by atoms with Gasteiger partial charge in [0.15, 0.2) is 0 Å². The first-order chi connectivity index (χ1) is 11.3. The van der Waals surface area contributed by atoms with Crippen LogP contribution in [-0.2, 0) is 6.54 Å². The Balaban J connectivity index is 1.46. The van der Waals surface area contributed by atoms with E-state index in [0.717, 1.165) is 10.9 Å². The number of aromatic nitrogens is 2. The second-order valence-electron chi connectivity index (χ2n) is 5.59. The fraction of sp³-hybridized carbons (Fsp3) is 0.167. The van der Waals surface area contributed by atoms with Gasteiger partial charge in [-0.25, -0.2) is 0 Å². The summed E-state index contributed by atoms with van der Waals surface area (Å²) in [5.41, 5.74) is 2.07. The minimum atomic E-state index is -0.198. The van der Waals surface area contributed by atoms with Gasteiger partial charge >= 0.3 is 0 Å². The van der Waals surface area contributed by atoms with Crippen molar-refractivity contribution < 1.29 is 9.59 Å². The van der Waals surface area contributed by atoms with Gasteiger partial charge in [0.25, 0.3) is 11.8 Å². The number of carbonyl (C=O) groups excluding carboxylic acids is 2. The zero-order valence-electron chi connectivity index (χ0n) is 12.5. The van der Waals surface area contributed by atoms with E-state index in [1.54, 1.807) is 24.3 Å². The van der Waals surface area contributed by atoms with Crippen LogP contribution in [0.4, 0.5) is 0 Å². The molecule has 0 radical (unpaired) electrons. The molecule has 0 fully saturated rings. The Hall–Kier alpha value is -2.95. The van der Waals surface area contributed by atoms with Gasteiger partial charge in [-0.1, -0.05) is 30.3 Å². The zero-order chi connectivity index (χ0) is 15.8. The zero-order valence-corrected chi connectivity index (χ0v) is 12.5. The molecule has 0 unspecified atom stereocenters. The van der Waals surface area contributed by atoms with E-state index < -0.39 is 0 Å². The standard InChI is InChI=1S/C18H15N3O2/c22-17-14-7-2-3-8-15(14)18(23)20(17)10-5-11-21-16-9-4-1-6-13(16)12-19-21/h1-4,6-9,12H,5,10-11H2. The van der Waals surface area contributed by atoms with Crippen molar-refractivity contribution in [2.24, 2.45) is 0 Å². The first kappa shape index (κ1) is 13.7. The van der Waals surface area contributed by atoms with Gasteiger partial charge in [0, 0.05) is 18.5 Å². The summed E-state index contributed by atoms with van der Waals surface area (Å²) in [4.78, 5) is 25.9. The summed E-state index contributed by atoms with van der Waals surface area (Å²) >= 11 is 0. The Morgan fingerprint density at radius 3 is 2.22 bits per heavy atom. The van der Waals surface area contributed by atoms with Crippen LogP contribution >= 0.6 is 0 Å². The molecule has 1 aromatic heterocycles. The minimum absolute atomic E-state index is 0.198. The maximum Gasteiger partial charge on any atom is 0.261 e. The quantitative estimate of drug-likeness (QED) is 0.696. The van der Waals surface area contributed by atoms with E-state index in [1.807, 2.05) is 35.1 Å². The largest absolute Gasteiger partial charge is 0.274 e. The van der Waals surface area contributed by atoms with E-state index in [-0.39, 0.29) is 11.8 Å². The van der Waals surface area contributed by atoms with E-state index in [4.69, 9.17) is 0 Å². The number of benzene rings is 2. The Bertz CT molecular complexity index is 878. The molecule has 1 aliphatic heterocycles. The summed E-state index contributed by atoms with van der Waals surface area (Å²) in [5, 5.41) is 5.46. The normalized spacial score (nSPS) is 13.8. The number of para-hydroxylation sites is 1. The second-order valence-corrected chi connectivity index (χ2v) is 5.59. The summed E-state index contributed by atoms with van der Waals surface area (Å²) < 4.78 is 1.91. The van der Waals surface area contributed by atoms with Crippen molar-refractivity contribution >= 4 is 22.7 Å². The van der Waals surface area contributed by atoms with Crippen molar-refractivity contribution in [3.05, 3.63) is 65.9 Å². The highest BCUT2D eigenvalue weighted by molar-refractivity contribution is 6.21. The molecule has 4 rings (SSSR count). The summed E-state index contributed by atoms with van der Waals surface area (Å²) in [6.07, 6.45) is 2.51. The van der Waals surface area contributed by atoms with Crippen molar-refractivity contribution in [3.8, 4) is 0 Å². The number of hydrogen-bond acceptors (Lipinski definition) is 3. The molecule has 2 heterocycles. The molecule has 0 N–H and O–H groups in total. The smallest absolute Gasteiger partial charge is 0.261 e. The fourth-order valence-electron chi connectivity index (χ4n) is 3.02. The third kappa shape index (κ3) is 2.21. The molecule has 0 bridgehead atoms. The lowest BCUT2D eigenvalue weighted by atomic mass is 10.1. The van der Waals surface area contributed by atoms with Crippen molar-refractivity contribution in [2.45, 2.75) is 13.0 Å². The highest BCUT2D eigenvalue weighted by Crippen LogP contribution is 2.22. The van der Waals surface area contributed by atoms with Crippen LogP contribution in [0.25, 0.3) is 10.9 Å². The number of carbonyl (C=O) groups is 2. The summed E-state index contributed by atoms with van der Waals surface area (Å²) in [6, 6.07) is 15.0. The van der Waals surface area contributed by atoms with E-state index in [1.165, 1.54) is 4.90 Å². The van der Waals surface area contributed by atoms with Gasteiger partial charge in [-0.3, -0.25) is 19.2 Å². The van der Waals surface area contributed by atoms with Gasteiger partial charge in [-0.2, -0.15) is 5.10 Å². The third-order valence-corrected chi connectivity index (χ3v) is 4.18. The van der Waals surface area contributed by atoms with Crippen LogP contribution in [0.3, 0.4) is 0 Å². The number of fused-ring (bicyclic) bond motifs is 2. The maximum absolute atomic E-state index is 12.3. The molecule has 23 heavy (non-hydrogen) atoms. The highest BCUT2D eigenvalue weighted by Gasteiger charge is 2.34. The average Bonchev–Trinajstić information content (AvgIpc) is 3.10. The molecular weight excluding hydrogens is 290 g/mol. The first-order valence-corrected chi connectivity index (χ1v) is 7.61. The molecule has 0 saturated carbocycles. The van der Waals surface area contributed by atoms with Crippen LogP contribution in [-0.4, -0.2) is 33.0 Å². The number of hydrogen-bond donors (Lipinski definition) is 0. The molecule has 0 aliphatic carbocycles. The summed E-state index contributed by atoms with van der Waals surface area (Å²) in [6.45, 7) is 1.07. The minimum Gasteiger partial charge on any atom is -0.274 e. The summed E-state index contributed by atoms with van der Waals surface area (Å²) in [5.74, 6) is -0.396. The number of rotatable bonds is 4. The van der Waals surface area contributed by atoms with Crippen molar-refractivity contribution in [1.29, 1.82) is 0 Å². The van der Waals surface area contributed by atoms with Crippen LogP contribution in [0, 0.1) is 0 Å².